The molecule has 0 radical (unpaired) electrons. The van der Waals surface area contributed by atoms with Crippen LogP contribution in [0.1, 0.15) is 42.5 Å². The molecule has 1 aliphatic heterocycles. The van der Waals surface area contributed by atoms with Crippen molar-refractivity contribution in [3.8, 4) is 17.2 Å². The fourth-order valence-corrected chi connectivity index (χ4v) is 4.08. The molecule has 0 N–H and O–H groups in total. The highest BCUT2D eigenvalue weighted by Gasteiger charge is 2.37. The zero-order chi connectivity index (χ0) is 17.9. The minimum atomic E-state index is 0.0351. The average molecular weight is 345 g/mol. The number of benzene rings is 1. The Hall–Kier alpha value is -2.17. The minimum Gasteiger partial charge on any atom is -0.493 e. The van der Waals surface area contributed by atoms with E-state index < -0.39 is 0 Å². The van der Waals surface area contributed by atoms with E-state index in [9.17, 15) is 4.79 Å². The largest absolute Gasteiger partial charge is 0.493 e. The van der Waals surface area contributed by atoms with Crippen LogP contribution in [-0.2, 0) is 0 Å². The second-order valence-corrected chi connectivity index (χ2v) is 6.96. The normalized spacial score (nSPS) is 22.8. The number of carbonyl (C=O) groups is 1. The number of hydrogen-bond acceptors (Lipinski definition) is 4. The van der Waals surface area contributed by atoms with Crippen molar-refractivity contribution in [1.29, 1.82) is 0 Å². The highest BCUT2D eigenvalue weighted by Crippen LogP contribution is 2.42. The number of ether oxygens (including phenoxy) is 3. The Morgan fingerprint density at radius 1 is 1.04 bits per heavy atom. The molecular formula is C20H27NO4. The first kappa shape index (κ1) is 17.6. The standard InChI is InChI=1S/C20H27NO4/c1-23-16-12-15(13-17(24-2)18(16)25-3)19(22)21-11-7-10-20(14-21)8-5-4-6-9-20/h4-5,12-13H,6-11,14H2,1-3H3/t20-/m1/s1. The summed E-state index contributed by atoms with van der Waals surface area (Å²) >= 11 is 0. The van der Waals surface area contributed by atoms with E-state index in [-0.39, 0.29) is 11.3 Å². The van der Waals surface area contributed by atoms with E-state index in [0.29, 0.717) is 22.8 Å². The number of hydrogen-bond donors (Lipinski definition) is 0. The number of carbonyl (C=O) groups excluding carboxylic acids is 1. The lowest BCUT2D eigenvalue weighted by atomic mass is 9.71. The third-order valence-corrected chi connectivity index (χ3v) is 5.42. The number of amides is 1. The molecule has 1 atom stereocenters. The van der Waals surface area contributed by atoms with Crippen LogP contribution in [0.4, 0.5) is 0 Å². The van der Waals surface area contributed by atoms with Gasteiger partial charge < -0.3 is 19.1 Å². The first-order valence-corrected chi connectivity index (χ1v) is 8.87. The predicted octanol–water partition coefficient (Wildman–Crippen LogP) is 3.67. The molecule has 0 aromatic heterocycles. The molecule has 1 heterocycles. The summed E-state index contributed by atoms with van der Waals surface area (Å²) in [7, 11) is 4.69. The highest BCUT2D eigenvalue weighted by atomic mass is 16.5. The van der Waals surface area contributed by atoms with Gasteiger partial charge in [-0.2, -0.15) is 0 Å². The Balaban J connectivity index is 1.86. The summed E-state index contributed by atoms with van der Waals surface area (Å²) in [5, 5.41) is 0. The second-order valence-electron chi connectivity index (χ2n) is 6.96. The molecule has 1 saturated heterocycles. The average Bonchev–Trinajstić information content (AvgIpc) is 2.66. The van der Waals surface area contributed by atoms with Gasteiger partial charge in [0.1, 0.15) is 0 Å². The molecule has 1 aromatic rings. The van der Waals surface area contributed by atoms with Gasteiger partial charge in [-0.1, -0.05) is 12.2 Å². The van der Waals surface area contributed by atoms with E-state index in [1.165, 1.54) is 12.8 Å². The van der Waals surface area contributed by atoms with Gasteiger partial charge in [0.15, 0.2) is 11.5 Å². The Kier molecular flexibility index (Phi) is 5.21. The van der Waals surface area contributed by atoms with Crippen LogP contribution < -0.4 is 14.2 Å². The Labute approximate surface area is 149 Å². The lowest BCUT2D eigenvalue weighted by molar-refractivity contribution is 0.0484. The Morgan fingerprint density at radius 2 is 1.76 bits per heavy atom. The zero-order valence-electron chi connectivity index (χ0n) is 15.3. The Bertz CT molecular complexity index is 645. The van der Waals surface area contributed by atoms with Crippen LogP contribution in [0, 0.1) is 5.41 Å². The van der Waals surface area contributed by atoms with Gasteiger partial charge in [0.2, 0.25) is 5.75 Å². The smallest absolute Gasteiger partial charge is 0.254 e. The van der Waals surface area contributed by atoms with Crippen LogP contribution in [0.2, 0.25) is 0 Å². The van der Waals surface area contributed by atoms with Crippen LogP contribution in [0.25, 0.3) is 0 Å². The molecule has 0 saturated carbocycles. The number of piperidine rings is 1. The topological polar surface area (TPSA) is 48.0 Å². The summed E-state index contributed by atoms with van der Waals surface area (Å²) in [6.45, 7) is 1.63. The van der Waals surface area contributed by atoms with Crippen LogP contribution in [-0.4, -0.2) is 45.2 Å². The highest BCUT2D eigenvalue weighted by molar-refractivity contribution is 5.95. The maximum atomic E-state index is 13.1. The third-order valence-electron chi connectivity index (χ3n) is 5.42. The van der Waals surface area contributed by atoms with Crippen molar-refractivity contribution < 1.29 is 19.0 Å². The maximum Gasteiger partial charge on any atom is 0.254 e. The molecule has 1 fully saturated rings. The zero-order valence-corrected chi connectivity index (χ0v) is 15.3. The quantitative estimate of drug-likeness (QED) is 0.781. The Morgan fingerprint density at radius 3 is 2.32 bits per heavy atom. The summed E-state index contributed by atoms with van der Waals surface area (Å²) in [6, 6.07) is 3.48. The van der Waals surface area contributed by atoms with E-state index in [1.807, 2.05) is 4.90 Å². The molecule has 136 valence electrons. The molecule has 25 heavy (non-hydrogen) atoms. The van der Waals surface area contributed by atoms with Crippen molar-refractivity contribution in [2.75, 3.05) is 34.4 Å². The molecule has 1 spiro atoms. The number of methoxy groups -OCH3 is 3. The summed E-state index contributed by atoms with van der Waals surface area (Å²) in [5.41, 5.74) is 0.835. The first-order valence-electron chi connectivity index (χ1n) is 8.87. The summed E-state index contributed by atoms with van der Waals surface area (Å²) < 4.78 is 16.1. The van der Waals surface area contributed by atoms with Crippen molar-refractivity contribution in [2.24, 2.45) is 5.41 Å². The van der Waals surface area contributed by atoms with Gasteiger partial charge in [0, 0.05) is 18.7 Å². The van der Waals surface area contributed by atoms with Gasteiger partial charge in [0.05, 0.1) is 21.3 Å². The number of rotatable bonds is 4. The van der Waals surface area contributed by atoms with Gasteiger partial charge in [-0.15, -0.1) is 0 Å². The van der Waals surface area contributed by atoms with Gasteiger partial charge in [0.25, 0.3) is 5.91 Å². The van der Waals surface area contributed by atoms with Crippen LogP contribution in [0.5, 0.6) is 17.2 Å². The van der Waals surface area contributed by atoms with Gasteiger partial charge in [-0.05, 0) is 49.7 Å². The minimum absolute atomic E-state index is 0.0351. The third kappa shape index (κ3) is 3.46. The van der Waals surface area contributed by atoms with Crippen molar-refractivity contribution in [2.45, 2.75) is 32.1 Å². The lowest BCUT2D eigenvalue weighted by Gasteiger charge is -2.44. The second kappa shape index (κ2) is 7.38. The van der Waals surface area contributed by atoms with Crippen LogP contribution >= 0.6 is 0 Å². The van der Waals surface area contributed by atoms with E-state index >= 15 is 0 Å². The molecule has 0 bridgehead atoms. The van der Waals surface area contributed by atoms with Crippen molar-refractivity contribution in [3.63, 3.8) is 0 Å². The van der Waals surface area contributed by atoms with Crippen molar-refractivity contribution in [1.82, 2.24) is 4.90 Å². The molecule has 2 aliphatic rings. The van der Waals surface area contributed by atoms with Gasteiger partial charge in [-0.25, -0.2) is 0 Å². The molecule has 1 aromatic carbocycles. The molecule has 3 rings (SSSR count). The van der Waals surface area contributed by atoms with Crippen molar-refractivity contribution >= 4 is 5.91 Å². The fraction of sp³-hybridized carbons (Fsp3) is 0.550. The molecule has 1 aliphatic carbocycles. The summed E-state index contributed by atoms with van der Waals surface area (Å²) in [5.74, 6) is 1.57. The number of likely N-dealkylation sites (tertiary alicyclic amines) is 1. The molecule has 5 nitrogen and oxygen atoms in total. The van der Waals surface area contributed by atoms with E-state index in [0.717, 1.165) is 32.4 Å². The van der Waals surface area contributed by atoms with Crippen molar-refractivity contribution in [3.05, 3.63) is 29.8 Å². The van der Waals surface area contributed by atoms with Crippen LogP contribution in [0.3, 0.4) is 0 Å². The van der Waals surface area contributed by atoms with E-state index in [2.05, 4.69) is 12.2 Å². The fourth-order valence-electron chi connectivity index (χ4n) is 4.08. The maximum absolute atomic E-state index is 13.1. The number of allylic oxidation sites excluding steroid dienone is 2. The SMILES string of the molecule is COc1cc(C(=O)N2CCC[C@]3(CC=CCC3)C2)cc(OC)c1OC. The predicted molar refractivity (Wildman–Crippen MR) is 96.7 cm³/mol. The molecule has 0 unspecified atom stereocenters. The lowest BCUT2D eigenvalue weighted by Crippen LogP contribution is -2.46. The first-order chi connectivity index (χ1) is 12.1. The number of nitrogens with zero attached hydrogens (tertiary/aromatic N) is 1. The van der Waals surface area contributed by atoms with E-state index in [1.54, 1.807) is 33.5 Å². The molecule has 5 heteroatoms. The van der Waals surface area contributed by atoms with Gasteiger partial charge >= 0.3 is 0 Å². The summed E-state index contributed by atoms with van der Waals surface area (Å²) in [4.78, 5) is 15.1. The van der Waals surface area contributed by atoms with E-state index in [4.69, 9.17) is 14.2 Å². The summed E-state index contributed by atoms with van der Waals surface area (Å²) in [6.07, 6.45) is 10.2. The monoisotopic (exact) mass is 345 g/mol. The molecular weight excluding hydrogens is 318 g/mol. The van der Waals surface area contributed by atoms with Gasteiger partial charge in [-0.3, -0.25) is 4.79 Å². The van der Waals surface area contributed by atoms with Crippen LogP contribution in [0.15, 0.2) is 24.3 Å². The molecule has 1 amide bonds.